The molecule has 0 heterocycles. The molecule has 0 saturated carbocycles. The fourth-order valence-electron chi connectivity index (χ4n) is 1.57. The minimum absolute atomic E-state index is 0.0331. The molecule has 2 rings (SSSR count). The zero-order chi connectivity index (χ0) is 13.8. The van der Waals surface area contributed by atoms with Gasteiger partial charge in [-0.05, 0) is 18.2 Å². The van der Waals surface area contributed by atoms with Gasteiger partial charge in [-0.3, -0.25) is 5.41 Å². The van der Waals surface area contributed by atoms with Crippen LogP contribution in [0.3, 0.4) is 0 Å². The van der Waals surface area contributed by atoms with Crippen LogP contribution in [0.15, 0.2) is 42.5 Å². The highest BCUT2D eigenvalue weighted by Gasteiger charge is 2.06. The van der Waals surface area contributed by atoms with Gasteiger partial charge in [0.05, 0.1) is 5.02 Å². The van der Waals surface area contributed by atoms with Gasteiger partial charge in [0.1, 0.15) is 24.0 Å². The van der Waals surface area contributed by atoms with E-state index in [2.05, 4.69) is 0 Å². The van der Waals surface area contributed by atoms with E-state index >= 15 is 0 Å². The summed E-state index contributed by atoms with van der Waals surface area (Å²) in [5, 5.41) is 7.40. The maximum Gasteiger partial charge on any atom is 0.142 e. The van der Waals surface area contributed by atoms with Crippen molar-refractivity contribution in [2.45, 2.75) is 6.61 Å². The van der Waals surface area contributed by atoms with E-state index < -0.39 is 5.82 Å². The van der Waals surface area contributed by atoms with Crippen molar-refractivity contribution in [1.29, 1.82) is 5.41 Å². The largest absolute Gasteiger partial charge is 0.489 e. The molecule has 3 nitrogen and oxygen atoms in total. The summed E-state index contributed by atoms with van der Waals surface area (Å²) in [6, 6.07) is 11.4. The first-order valence-corrected chi connectivity index (χ1v) is 5.96. The SMILES string of the molecule is N=C(N)c1cccc(OCc2cccc(F)c2Cl)c1. The van der Waals surface area contributed by atoms with Crippen LogP contribution in [0.5, 0.6) is 5.75 Å². The molecule has 2 aromatic rings. The molecule has 5 heteroatoms. The van der Waals surface area contributed by atoms with Crippen LogP contribution in [0.25, 0.3) is 0 Å². The Morgan fingerprint density at radius 3 is 2.74 bits per heavy atom. The highest BCUT2D eigenvalue weighted by Crippen LogP contribution is 2.22. The summed E-state index contributed by atoms with van der Waals surface area (Å²) in [5.74, 6) is 0.0440. The van der Waals surface area contributed by atoms with E-state index in [-0.39, 0.29) is 17.5 Å². The zero-order valence-corrected chi connectivity index (χ0v) is 10.7. The van der Waals surface area contributed by atoms with Gasteiger partial charge < -0.3 is 10.5 Å². The zero-order valence-electron chi connectivity index (χ0n) is 9.99. The van der Waals surface area contributed by atoms with Crippen LogP contribution in [0.2, 0.25) is 5.02 Å². The highest BCUT2D eigenvalue weighted by molar-refractivity contribution is 6.31. The molecular formula is C14H12ClFN2O. The smallest absolute Gasteiger partial charge is 0.142 e. The number of rotatable bonds is 4. The lowest BCUT2D eigenvalue weighted by Gasteiger charge is -2.09. The third-order valence-corrected chi connectivity index (χ3v) is 2.99. The molecule has 0 amide bonds. The summed E-state index contributed by atoms with van der Waals surface area (Å²) < 4.78 is 18.8. The van der Waals surface area contributed by atoms with Gasteiger partial charge in [-0.25, -0.2) is 4.39 Å². The molecule has 0 aliphatic heterocycles. The quantitative estimate of drug-likeness (QED) is 0.666. The van der Waals surface area contributed by atoms with Gasteiger partial charge in [-0.2, -0.15) is 0 Å². The third kappa shape index (κ3) is 3.23. The number of ether oxygens (including phenoxy) is 1. The van der Waals surface area contributed by atoms with Gasteiger partial charge in [0.2, 0.25) is 0 Å². The fourth-order valence-corrected chi connectivity index (χ4v) is 1.75. The molecule has 0 saturated heterocycles. The number of hydrogen-bond acceptors (Lipinski definition) is 2. The van der Waals surface area contributed by atoms with E-state index in [0.29, 0.717) is 16.9 Å². The lowest BCUT2D eigenvalue weighted by Crippen LogP contribution is -2.10. The van der Waals surface area contributed by atoms with E-state index in [1.165, 1.54) is 6.07 Å². The number of nitrogens with one attached hydrogen (secondary N) is 1. The van der Waals surface area contributed by atoms with Crippen LogP contribution < -0.4 is 10.5 Å². The molecule has 0 aliphatic rings. The van der Waals surface area contributed by atoms with Crippen molar-refractivity contribution in [3.63, 3.8) is 0 Å². The van der Waals surface area contributed by atoms with Crippen LogP contribution in [0.1, 0.15) is 11.1 Å². The first-order chi connectivity index (χ1) is 9.08. The predicted octanol–water partition coefficient (Wildman–Crippen LogP) is 3.34. The number of nitrogen functional groups attached to an aromatic ring is 1. The Hall–Kier alpha value is -2.07. The van der Waals surface area contributed by atoms with Crippen molar-refractivity contribution in [2.75, 3.05) is 0 Å². The molecule has 0 unspecified atom stereocenters. The number of nitrogens with two attached hydrogens (primary N) is 1. The summed E-state index contributed by atoms with van der Waals surface area (Å²) in [6.45, 7) is 0.151. The Balaban J connectivity index is 2.12. The van der Waals surface area contributed by atoms with Crippen LogP contribution in [0, 0.1) is 11.2 Å². The average Bonchev–Trinajstić information content (AvgIpc) is 2.41. The molecule has 98 valence electrons. The maximum atomic E-state index is 13.2. The van der Waals surface area contributed by atoms with E-state index in [9.17, 15) is 4.39 Å². The van der Waals surface area contributed by atoms with E-state index in [0.717, 1.165) is 0 Å². The van der Waals surface area contributed by atoms with Crippen LogP contribution in [-0.4, -0.2) is 5.84 Å². The Morgan fingerprint density at radius 2 is 2.00 bits per heavy atom. The van der Waals surface area contributed by atoms with Crippen LogP contribution >= 0.6 is 11.6 Å². The van der Waals surface area contributed by atoms with Crippen molar-refractivity contribution in [3.05, 3.63) is 64.4 Å². The van der Waals surface area contributed by atoms with Crippen molar-refractivity contribution in [1.82, 2.24) is 0 Å². The van der Waals surface area contributed by atoms with Gasteiger partial charge in [0.15, 0.2) is 0 Å². The number of halogens is 2. The van der Waals surface area contributed by atoms with Crippen molar-refractivity contribution in [2.24, 2.45) is 5.73 Å². The molecule has 2 aromatic carbocycles. The number of hydrogen-bond donors (Lipinski definition) is 2. The first-order valence-electron chi connectivity index (χ1n) is 5.58. The molecule has 0 spiro atoms. The normalized spacial score (nSPS) is 10.2. The minimum atomic E-state index is -0.472. The lowest BCUT2D eigenvalue weighted by molar-refractivity contribution is 0.305. The standard InChI is InChI=1S/C14H12ClFN2O/c15-13-10(4-2-6-12(13)16)8-19-11-5-1-3-9(7-11)14(17)18/h1-7H,8H2,(H3,17,18). The van der Waals surface area contributed by atoms with Crippen LogP contribution in [-0.2, 0) is 6.61 Å². The summed E-state index contributed by atoms with van der Waals surface area (Å²) in [5.41, 5.74) is 6.53. The fraction of sp³-hybridized carbons (Fsp3) is 0.0714. The highest BCUT2D eigenvalue weighted by atomic mass is 35.5. The molecule has 0 aromatic heterocycles. The summed E-state index contributed by atoms with van der Waals surface area (Å²) in [6.07, 6.45) is 0. The second kappa shape index (κ2) is 5.71. The van der Waals surface area contributed by atoms with E-state index in [4.69, 9.17) is 27.5 Å². The topological polar surface area (TPSA) is 59.1 Å². The van der Waals surface area contributed by atoms with Gasteiger partial charge in [-0.15, -0.1) is 0 Å². The predicted molar refractivity (Wildman–Crippen MR) is 73.2 cm³/mol. The average molecular weight is 279 g/mol. The molecule has 0 bridgehead atoms. The second-order valence-corrected chi connectivity index (χ2v) is 4.32. The Kier molecular flexibility index (Phi) is 4.02. The summed E-state index contributed by atoms with van der Waals surface area (Å²) in [7, 11) is 0. The van der Waals surface area contributed by atoms with Crippen molar-refractivity contribution >= 4 is 17.4 Å². The Morgan fingerprint density at radius 1 is 1.26 bits per heavy atom. The molecular weight excluding hydrogens is 267 g/mol. The monoisotopic (exact) mass is 278 g/mol. The second-order valence-electron chi connectivity index (χ2n) is 3.94. The lowest BCUT2D eigenvalue weighted by atomic mass is 10.2. The van der Waals surface area contributed by atoms with Crippen LogP contribution in [0.4, 0.5) is 4.39 Å². The number of benzene rings is 2. The molecule has 0 atom stereocenters. The molecule has 3 N–H and O–H groups in total. The molecule has 19 heavy (non-hydrogen) atoms. The Labute approximate surface area is 115 Å². The number of amidine groups is 1. The Bertz CT molecular complexity index is 616. The molecule has 0 aliphatic carbocycles. The van der Waals surface area contributed by atoms with E-state index in [1.807, 2.05) is 0 Å². The first kappa shape index (κ1) is 13.4. The molecule has 0 radical (unpaired) electrons. The minimum Gasteiger partial charge on any atom is -0.489 e. The van der Waals surface area contributed by atoms with Gasteiger partial charge >= 0.3 is 0 Å². The van der Waals surface area contributed by atoms with Crippen molar-refractivity contribution < 1.29 is 9.13 Å². The van der Waals surface area contributed by atoms with E-state index in [1.54, 1.807) is 36.4 Å². The van der Waals surface area contributed by atoms with Gasteiger partial charge in [0, 0.05) is 11.1 Å². The molecule has 0 fully saturated rings. The van der Waals surface area contributed by atoms with Gasteiger partial charge in [0.25, 0.3) is 0 Å². The van der Waals surface area contributed by atoms with Crippen molar-refractivity contribution in [3.8, 4) is 5.75 Å². The van der Waals surface area contributed by atoms with Gasteiger partial charge in [-0.1, -0.05) is 35.9 Å². The summed E-state index contributed by atoms with van der Waals surface area (Å²) in [4.78, 5) is 0. The maximum absolute atomic E-state index is 13.2. The summed E-state index contributed by atoms with van der Waals surface area (Å²) >= 11 is 5.83. The third-order valence-electron chi connectivity index (χ3n) is 2.57.